The van der Waals surface area contributed by atoms with Gasteiger partial charge in [-0.3, -0.25) is 9.59 Å². The van der Waals surface area contributed by atoms with Crippen LogP contribution in [0.2, 0.25) is 0 Å². The van der Waals surface area contributed by atoms with Crippen molar-refractivity contribution in [2.75, 3.05) is 11.6 Å². The molecule has 8 heteroatoms. The molecule has 0 saturated heterocycles. The normalized spacial score (nSPS) is 21.2. The van der Waals surface area contributed by atoms with Crippen LogP contribution in [-0.2, 0) is 19.4 Å². The average molecular weight is 407 g/mol. The topological polar surface area (TPSA) is 93.2 Å². The number of carbonyl (C=O) groups is 2. The highest BCUT2D eigenvalue weighted by Gasteiger charge is 2.41. The minimum atomic E-state index is -3.31. The summed E-state index contributed by atoms with van der Waals surface area (Å²) in [6.45, 7) is 1.91. The number of hydrogen-bond donors (Lipinski definition) is 1. The Morgan fingerprint density at radius 2 is 2.04 bits per heavy atom. The highest BCUT2D eigenvalue weighted by molar-refractivity contribution is 7.90. The molecule has 2 unspecified atom stereocenters. The molecule has 1 aromatic carbocycles. The van der Waals surface area contributed by atoms with Crippen molar-refractivity contribution < 1.29 is 18.0 Å². The van der Waals surface area contributed by atoms with E-state index in [1.54, 1.807) is 23.7 Å². The standard InChI is InChI=1S/C19H22N2O4S2/c1-19(9-3-4-16(19)22)12-15(17(23)21-18-20-10-11-26-18)13-5-7-14(8-6-13)27(2,24)25/h5-8,10-11,15H,3-4,9,12H2,1-2H3,(H,20,21,23). The molecule has 6 nitrogen and oxygen atoms in total. The molecular weight excluding hydrogens is 384 g/mol. The molecule has 1 aliphatic rings. The quantitative estimate of drug-likeness (QED) is 0.793. The second kappa shape index (κ2) is 7.52. The minimum absolute atomic E-state index is 0.183. The van der Waals surface area contributed by atoms with Crippen LogP contribution in [0.15, 0.2) is 40.7 Å². The van der Waals surface area contributed by atoms with Crippen LogP contribution in [0.3, 0.4) is 0 Å². The molecule has 0 bridgehead atoms. The monoisotopic (exact) mass is 406 g/mol. The van der Waals surface area contributed by atoms with Crippen molar-refractivity contribution in [3.8, 4) is 0 Å². The minimum Gasteiger partial charge on any atom is -0.301 e. The van der Waals surface area contributed by atoms with Crippen molar-refractivity contribution in [1.82, 2.24) is 4.98 Å². The number of sulfone groups is 1. The van der Waals surface area contributed by atoms with E-state index in [0.29, 0.717) is 23.5 Å². The Hall–Kier alpha value is -2.06. The number of carbonyl (C=O) groups excluding carboxylic acids is 2. The van der Waals surface area contributed by atoms with Gasteiger partial charge in [-0.2, -0.15) is 0 Å². The predicted molar refractivity (Wildman–Crippen MR) is 105 cm³/mol. The summed E-state index contributed by atoms with van der Waals surface area (Å²) in [5.74, 6) is -0.616. The van der Waals surface area contributed by atoms with E-state index in [4.69, 9.17) is 0 Å². The lowest BCUT2D eigenvalue weighted by Crippen LogP contribution is -2.30. The molecule has 1 aliphatic carbocycles. The molecule has 3 rings (SSSR count). The molecule has 1 fully saturated rings. The number of nitrogens with one attached hydrogen (secondary N) is 1. The molecule has 1 amide bonds. The first kappa shape index (κ1) is 19.7. The molecule has 144 valence electrons. The number of anilines is 1. The first-order valence-corrected chi connectivity index (χ1v) is 11.5. The van der Waals surface area contributed by atoms with Crippen molar-refractivity contribution >= 4 is 38.0 Å². The summed E-state index contributed by atoms with van der Waals surface area (Å²) in [5.41, 5.74) is 0.151. The lowest BCUT2D eigenvalue weighted by atomic mass is 9.76. The summed E-state index contributed by atoms with van der Waals surface area (Å²) in [7, 11) is -3.31. The van der Waals surface area contributed by atoms with Gasteiger partial charge in [0, 0.05) is 29.7 Å². The Morgan fingerprint density at radius 3 is 2.56 bits per heavy atom. The smallest absolute Gasteiger partial charge is 0.233 e. The molecule has 0 radical (unpaired) electrons. The maximum absolute atomic E-state index is 13.0. The van der Waals surface area contributed by atoms with E-state index in [2.05, 4.69) is 10.3 Å². The number of thiazole rings is 1. The van der Waals surface area contributed by atoms with Crippen LogP contribution in [0, 0.1) is 5.41 Å². The number of ketones is 1. The van der Waals surface area contributed by atoms with Gasteiger partial charge in [-0.15, -0.1) is 11.3 Å². The number of amides is 1. The third-order valence-electron chi connectivity index (χ3n) is 5.15. The fraction of sp³-hybridized carbons (Fsp3) is 0.421. The van der Waals surface area contributed by atoms with Crippen LogP contribution in [0.25, 0.3) is 0 Å². The van der Waals surface area contributed by atoms with Gasteiger partial charge in [0.05, 0.1) is 10.8 Å². The summed E-state index contributed by atoms with van der Waals surface area (Å²) >= 11 is 1.32. The van der Waals surface area contributed by atoms with Gasteiger partial charge >= 0.3 is 0 Å². The van der Waals surface area contributed by atoms with Gasteiger partial charge < -0.3 is 5.32 Å². The first-order valence-electron chi connectivity index (χ1n) is 8.73. The van der Waals surface area contributed by atoms with Crippen LogP contribution in [0.5, 0.6) is 0 Å². The number of hydrogen-bond acceptors (Lipinski definition) is 6. The van der Waals surface area contributed by atoms with Gasteiger partial charge in [0.15, 0.2) is 15.0 Å². The Labute approximate surface area is 162 Å². The molecule has 1 aromatic heterocycles. The van der Waals surface area contributed by atoms with E-state index in [0.717, 1.165) is 19.1 Å². The maximum atomic E-state index is 13.0. The van der Waals surface area contributed by atoms with Crippen molar-refractivity contribution in [2.45, 2.75) is 43.4 Å². The zero-order chi connectivity index (χ0) is 19.7. The van der Waals surface area contributed by atoms with Gasteiger partial charge in [0.25, 0.3) is 0 Å². The number of rotatable bonds is 6. The second-order valence-electron chi connectivity index (χ2n) is 7.26. The van der Waals surface area contributed by atoms with Gasteiger partial charge in [-0.25, -0.2) is 13.4 Å². The Bertz CT molecular complexity index is 937. The Balaban J connectivity index is 1.91. The number of aromatic nitrogens is 1. The first-order chi connectivity index (χ1) is 12.7. The highest BCUT2D eigenvalue weighted by Crippen LogP contribution is 2.42. The lowest BCUT2D eigenvalue weighted by molar-refractivity contribution is -0.126. The van der Waals surface area contributed by atoms with E-state index in [-0.39, 0.29) is 16.6 Å². The molecule has 1 heterocycles. The van der Waals surface area contributed by atoms with E-state index in [1.165, 1.54) is 23.5 Å². The van der Waals surface area contributed by atoms with E-state index in [1.807, 2.05) is 6.92 Å². The van der Waals surface area contributed by atoms with Crippen LogP contribution in [-0.4, -0.2) is 31.3 Å². The predicted octanol–water partition coefficient (Wildman–Crippen LogP) is 3.42. The van der Waals surface area contributed by atoms with Crippen molar-refractivity contribution in [3.05, 3.63) is 41.4 Å². The highest BCUT2D eigenvalue weighted by atomic mass is 32.2. The van der Waals surface area contributed by atoms with Gasteiger partial charge in [-0.1, -0.05) is 19.1 Å². The Morgan fingerprint density at radius 1 is 1.33 bits per heavy atom. The molecule has 27 heavy (non-hydrogen) atoms. The molecular formula is C19H22N2O4S2. The fourth-order valence-corrected chi connectivity index (χ4v) is 4.70. The van der Waals surface area contributed by atoms with Crippen molar-refractivity contribution in [3.63, 3.8) is 0 Å². The van der Waals surface area contributed by atoms with E-state index >= 15 is 0 Å². The average Bonchev–Trinajstić information content (AvgIpc) is 3.23. The summed E-state index contributed by atoms with van der Waals surface area (Å²) < 4.78 is 23.4. The zero-order valence-electron chi connectivity index (χ0n) is 15.3. The molecule has 0 spiro atoms. The fourth-order valence-electron chi connectivity index (χ4n) is 3.53. The van der Waals surface area contributed by atoms with E-state index in [9.17, 15) is 18.0 Å². The van der Waals surface area contributed by atoms with Gasteiger partial charge in [0.1, 0.15) is 5.78 Å². The molecule has 1 saturated carbocycles. The second-order valence-corrected chi connectivity index (χ2v) is 10.2. The van der Waals surface area contributed by atoms with Crippen LogP contribution >= 0.6 is 11.3 Å². The number of Topliss-reactive ketones (excluding diaryl/α,β-unsaturated/α-hetero) is 1. The third kappa shape index (κ3) is 4.44. The lowest BCUT2D eigenvalue weighted by Gasteiger charge is -2.27. The Kier molecular flexibility index (Phi) is 5.48. The number of benzene rings is 1. The summed E-state index contributed by atoms with van der Waals surface area (Å²) in [6, 6.07) is 6.33. The largest absolute Gasteiger partial charge is 0.301 e. The zero-order valence-corrected chi connectivity index (χ0v) is 16.9. The van der Waals surface area contributed by atoms with Crippen LogP contribution in [0.1, 0.15) is 44.1 Å². The van der Waals surface area contributed by atoms with Crippen LogP contribution in [0.4, 0.5) is 5.13 Å². The number of nitrogens with zero attached hydrogens (tertiary/aromatic N) is 1. The summed E-state index contributed by atoms with van der Waals surface area (Å²) in [6.07, 6.45) is 5.29. The SMILES string of the molecule is CC1(CC(C(=O)Nc2nccs2)c2ccc(S(C)(=O)=O)cc2)CCCC1=O. The van der Waals surface area contributed by atoms with Crippen molar-refractivity contribution in [1.29, 1.82) is 0 Å². The van der Waals surface area contributed by atoms with Crippen molar-refractivity contribution in [2.24, 2.45) is 5.41 Å². The molecule has 0 aliphatic heterocycles. The molecule has 1 N–H and O–H groups in total. The summed E-state index contributed by atoms with van der Waals surface area (Å²) in [4.78, 5) is 29.6. The summed E-state index contributed by atoms with van der Waals surface area (Å²) in [5, 5.41) is 5.08. The van der Waals surface area contributed by atoms with Gasteiger partial charge in [0.2, 0.25) is 5.91 Å². The van der Waals surface area contributed by atoms with E-state index < -0.39 is 21.2 Å². The maximum Gasteiger partial charge on any atom is 0.233 e. The molecule has 2 atom stereocenters. The van der Waals surface area contributed by atoms with Crippen LogP contribution < -0.4 is 5.32 Å². The third-order valence-corrected chi connectivity index (χ3v) is 6.97. The molecule has 2 aromatic rings. The van der Waals surface area contributed by atoms with Gasteiger partial charge in [-0.05, 0) is 37.0 Å².